The van der Waals surface area contributed by atoms with E-state index in [0.29, 0.717) is 11.1 Å². The van der Waals surface area contributed by atoms with Crippen molar-refractivity contribution in [3.8, 4) is 0 Å². The van der Waals surface area contributed by atoms with E-state index in [2.05, 4.69) is 11.9 Å². The van der Waals surface area contributed by atoms with E-state index >= 15 is 0 Å². The summed E-state index contributed by atoms with van der Waals surface area (Å²) in [4.78, 5) is 9.30. The van der Waals surface area contributed by atoms with E-state index < -0.39 is 0 Å². The average Bonchev–Trinajstić information content (AvgIpc) is 2.77. The molecule has 92 valence electrons. The molecule has 17 heavy (non-hydrogen) atoms. The van der Waals surface area contributed by atoms with Crippen molar-refractivity contribution >= 4 is 23.4 Å². The quantitative estimate of drug-likeness (QED) is 0.715. The van der Waals surface area contributed by atoms with Gasteiger partial charge in [0.1, 0.15) is 11.0 Å². The Hall–Kier alpha value is -0.280. The zero-order chi connectivity index (χ0) is 11.8. The first kappa shape index (κ1) is 11.8. The van der Waals surface area contributed by atoms with Crippen LogP contribution in [-0.4, -0.2) is 9.97 Å². The normalized spacial score (nSPS) is 28.1. The van der Waals surface area contributed by atoms with Crippen LogP contribution in [0.2, 0.25) is 5.15 Å². The number of hydrogen-bond acceptors (Lipinski definition) is 3. The van der Waals surface area contributed by atoms with Crippen molar-refractivity contribution in [1.82, 2.24) is 9.97 Å². The van der Waals surface area contributed by atoms with Crippen LogP contribution in [0.1, 0.15) is 55.6 Å². The molecule has 3 rings (SSSR count). The van der Waals surface area contributed by atoms with Crippen LogP contribution in [0.5, 0.6) is 0 Å². The molecule has 1 fully saturated rings. The van der Waals surface area contributed by atoms with Gasteiger partial charge in [-0.3, -0.25) is 0 Å². The second kappa shape index (κ2) is 4.77. The largest absolute Gasteiger partial charge is 0.236 e. The summed E-state index contributed by atoms with van der Waals surface area (Å²) in [7, 11) is 0. The van der Waals surface area contributed by atoms with Gasteiger partial charge in [-0.25, -0.2) is 9.97 Å². The molecule has 1 aromatic rings. The van der Waals surface area contributed by atoms with Crippen molar-refractivity contribution in [1.29, 1.82) is 0 Å². The number of fused-ring (bicyclic) bond motifs is 1. The molecular formula is C13H17ClN2S. The predicted octanol–water partition coefficient (Wildman–Crippen LogP) is 4.17. The predicted molar refractivity (Wildman–Crippen MR) is 72.4 cm³/mol. The second-order valence-corrected chi connectivity index (χ2v) is 6.60. The Morgan fingerprint density at radius 3 is 2.94 bits per heavy atom. The highest BCUT2D eigenvalue weighted by molar-refractivity contribution is 7.98. The maximum atomic E-state index is 6.27. The monoisotopic (exact) mass is 268 g/mol. The maximum Gasteiger partial charge on any atom is 0.137 e. The first-order valence-electron chi connectivity index (χ1n) is 6.37. The van der Waals surface area contributed by atoms with E-state index in [1.807, 2.05) is 11.8 Å². The number of aromatic nitrogens is 2. The Balaban J connectivity index is 1.90. The molecule has 2 nitrogen and oxygen atoms in total. The van der Waals surface area contributed by atoms with Gasteiger partial charge in [-0.2, -0.15) is 11.8 Å². The molecule has 1 saturated carbocycles. The third-order valence-corrected chi connectivity index (χ3v) is 5.13. The Labute approximate surface area is 112 Å². The van der Waals surface area contributed by atoms with E-state index in [9.17, 15) is 0 Å². The zero-order valence-electron chi connectivity index (χ0n) is 10.1. The highest BCUT2D eigenvalue weighted by Crippen LogP contribution is 2.38. The van der Waals surface area contributed by atoms with Crippen molar-refractivity contribution < 1.29 is 0 Å². The Morgan fingerprint density at radius 1 is 1.24 bits per heavy atom. The van der Waals surface area contributed by atoms with Gasteiger partial charge in [-0.1, -0.05) is 31.4 Å². The molecule has 4 heteroatoms. The van der Waals surface area contributed by atoms with Crippen molar-refractivity contribution in [3.05, 3.63) is 22.2 Å². The van der Waals surface area contributed by atoms with E-state index in [4.69, 9.17) is 16.6 Å². The molecule has 0 bridgehead atoms. The molecule has 0 aromatic carbocycles. The summed E-state index contributed by atoms with van der Waals surface area (Å²) in [5.41, 5.74) is 2.35. The van der Waals surface area contributed by atoms with Crippen LogP contribution in [0, 0.1) is 5.92 Å². The molecule has 0 N–H and O–H groups in total. The highest BCUT2D eigenvalue weighted by atomic mass is 35.5. The van der Waals surface area contributed by atoms with Gasteiger partial charge in [-0.15, -0.1) is 0 Å². The minimum Gasteiger partial charge on any atom is -0.236 e. The lowest BCUT2D eigenvalue weighted by Crippen LogP contribution is -2.15. The Morgan fingerprint density at radius 2 is 2.12 bits per heavy atom. The number of thioether (sulfide) groups is 1. The summed E-state index contributed by atoms with van der Waals surface area (Å²) < 4.78 is 0. The molecule has 1 aliphatic heterocycles. The van der Waals surface area contributed by atoms with Crippen LogP contribution < -0.4 is 0 Å². The molecule has 1 aromatic heterocycles. The summed E-state index contributed by atoms with van der Waals surface area (Å²) in [5.74, 6) is 4.33. The van der Waals surface area contributed by atoms with Gasteiger partial charge in [0.25, 0.3) is 0 Å². The van der Waals surface area contributed by atoms with E-state index in [-0.39, 0.29) is 0 Å². The average molecular weight is 269 g/mol. The smallest absolute Gasteiger partial charge is 0.137 e. The summed E-state index contributed by atoms with van der Waals surface area (Å²) >= 11 is 8.15. The SMILES string of the molecule is CC1CCCC(c2nc(Cl)c3c(n2)CSC3)C1. The molecule has 1 aliphatic carbocycles. The molecule has 2 unspecified atom stereocenters. The number of nitrogens with zero attached hydrogens (tertiary/aromatic N) is 2. The lowest BCUT2D eigenvalue weighted by Gasteiger charge is -2.25. The summed E-state index contributed by atoms with van der Waals surface area (Å²) in [6, 6.07) is 0. The number of rotatable bonds is 1. The van der Waals surface area contributed by atoms with Crippen LogP contribution in [0.4, 0.5) is 0 Å². The van der Waals surface area contributed by atoms with E-state index in [1.54, 1.807) is 0 Å². The third-order valence-electron chi connectivity index (χ3n) is 3.85. The summed E-state index contributed by atoms with van der Waals surface area (Å²) in [5, 5.41) is 0.702. The van der Waals surface area contributed by atoms with Crippen molar-refractivity contribution in [2.75, 3.05) is 0 Å². The summed E-state index contributed by atoms with van der Waals surface area (Å²) in [6.45, 7) is 2.33. The van der Waals surface area contributed by atoms with E-state index in [1.165, 1.54) is 36.9 Å². The standard InChI is InChI=1S/C13H17ClN2S/c1-8-3-2-4-9(5-8)13-15-11-7-17-6-10(11)12(14)16-13/h8-9H,2-7H2,1H3. The zero-order valence-corrected chi connectivity index (χ0v) is 11.7. The fourth-order valence-corrected chi connectivity index (χ4v) is 4.26. The Kier molecular flexibility index (Phi) is 3.31. The van der Waals surface area contributed by atoms with Gasteiger partial charge >= 0.3 is 0 Å². The lowest BCUT2D eigenvalue weighted by molar-refractivity contribution is 0.335. The fraction of sp³-hybridized carbons (Fsp3) is 0.692. The van der Waals surface area contributed by atoms with Crippen LogP contribution in [0.15, 0.2) is 0 Å². The maximum absolute atomic E-state index is 6.27. The first-order chi connectivity index (χ1) is 8.24. The number of hydrogen-bond donors (Lipinski definition) is 0. The van der Waals surface area contributed by atoms with Crippen molar-refractivity contribution in [3.63, 3.8) is 0 Å². The molecule has 0 saturated heterocycles. The Bertz CT molecular complexity index is 436. The molecule has 0 amide bonds. The molecular weight excluding hydrogens is 252 g/mol. The molecule has 0 spiro atoms. The highest BCUT2D eigenvalue weighted by Gasteiger charge is 2.26. The molecule has 0 radical (unpaired) electrons. The molecule has 2 atom stereocenters. The van der Waals surface area contributed by atoms with Crippen LogP contribution in [-0.2, 0) is 11.5 Å². The van der Waals surface area contributed by atoms with Crippen LogP contribution in [0.3, 0.4) is 0 Å². The van der Waals surface area contributed by atoms with Crippen LogP contribution in [0.25, 0.3) is 0 Å². The minimum atomic E-state index is 0.534. The fourth-order valence-electron chi connectivity index (χ4n) is 2.88. The third kappa shape index (κ3) is 2.32. The number of halogens is 1. The minimum absolute atomic E-state index is 0.534. The van der Waals surface area contributed by atoms with Gasteiger partial charge in [0, 0.05) is 23.0 Å². The van der Waals surface area contributed by atoms with Gasteiger partial charge < -0.3 is 0 Å². The lowest BCUT2D eigenvalue weighted by atomic mass is 9.82. The van der Waals surface area contributed by atoms with Crippen molar-refractivity contribution in [2.45, 2.75) is 50.0 Å². The molecule has 2 aliphatic rings. The van der Waals surface area contributed by atoms with Gasteiger partial charge in [0.05, 0.1) is 5.69 Å². The summed E-state index contributed by atoms with van der Waals surface area (Å²) in [6.07, 6.45) is 5.11. The second-order valence-electron chi connectivity index (χ2n) is 5.26. The van der Waals surface area contributed by atoms with E-state index in [0.717, 1.165) is 23.2 Å². The van der Waals surface area contributed by atoms with Crippen molar-refractivity contribution in [2.24, 2.45) is 5.92 Å². The molecule has 2 heterocycles. The van der Waals surface area contributed by atoms with Gasteiger partial charge in [-0.05, 0) is 18.8 Å². The first-order valence-corrected chi connectivity index (χ1v) is 7.90. The van der Waals surface area contributed by atoms with Gasteiger partial charge in [0.15, 0.2) is 0 Å². The van der Waals surface area contributed by atoms with Crippen LogP contribution >= 0.6 is 23.4 Å². The van der Waals surface area contributed by atoms with Gasteiger partial charge in [0.2, 0.25) is 0 Å². The topological polar surface area (TPSA) is 25.8 Å².